The van der Waals surface area contributed by atoms with Crippen LogP contribution in [0.3, 0.4) is 0 Å². The lowest BCUT2D eigenvalue weighted by Crippen LogP contribution is -2.56. The van der Waals surface area contributed by atoms with Crippen molar-refractivity contribution < 1.29 is 29.0 Å². The van der Waals surface area contributed by atoms with Crippen LogP contribution in [0, 0.1) is 5.92 Å². The summed E-state index contributed by atoms with van der Waals surface area (Å²) in [6, 6.07) is 15.8. The van der Waals surface area contributed by atoms with E-state index in [1.807, 2.05) is 54.6 Å². The van der Waals surface area contributed by atoms with Gasteiger partial charge in [0.05, 0.1) is 6.04 Å². The lowest BCUT2D eigenvalue weighted by molar-refractivity contribution is -0.145. The molecule has 3 amide bonds. The van der Waals surface area contributed by atoms with Gasteiger partial charge in [-0.25, -0.2) is 9.59 Å². The molecule has 6 rings (SSSR count). The van der Waals surface area contributed by atoms with Crippen LogP contribution >= 0.6 is 0 Å². The van der Waals surface area contributed by atoms with Crippen LogP contribution in [0.4, 0.5) is 4.79 Å². The van der Waals surface area contributed by atoms with Crippen LogP contribution in [0.2, 0.25) is 0 Å². The highest BCUT2D eigenvalue weighted by molar-refractivity contribution is 5.96. The molecule has 13 heteroatoms. The molecule has 2 fully saturated rings. The summed E-state index contributed by atoms with van der Waals surface area (Å²) < 4.78 is 5.45. The van der Waals surface area contributed by atoms with Gasteiger partial charge in [0.15, 0.2) is 5.82 Å². The number of nitrogens with one attached hydrogen (secondary N) is 2. The second kappa shape index (κ2) is 13.8. The normalized spacial score (nSPS) is 26.5. The number of carbonyl (C=O) groups excluding carboxylic acids is 3. The number of ether oxygens (including phenoxy) is 1. The van der Waals surface area contributed by atoms with Gasteiger partial charge in [0.25, 0.3) is 0 Å². The monoisotopic (exact) mass is 669 g/mol. The van der Waals surface area contributed by atoms with E-state index in [-0.39, 0.29) is 25.3 Å². The van der Waals surface area contributed by atoms with Gasteiger partial charge in [-0.3, -0.25) is 9.59 Å². The first-order chi connectivity index (χ1) is 23.4. The molecule has 1 aliphatic carbocycles. The molecule has 1 saturated heterocycles. The number of carbonyl (C=O) groups is 4. The van der Waals surface area contributed by atoms with Crippen molar-refractivity contribution in [3.63, 3.8) is 0 Å². The summed E-state index contributed by atoms with van der Waals surface area (Å²) in [5, 5.41) is 28.8. The van der Waals surface area contributed by atoms with Crippen molar-refractivity contribution in [3.8, 4) is 11.1 Å². The zero-order valence-corrected chi connectivity index (χ0v) is 28.0. The highest BCUT2D eigenvalue weighted by atomic mass is 16.6. The fraction of sp³-hybridized carbons (Fsp3) is 0.472. The van der Waals surface area contributed by atoms with Gasteiger partial charge in [-0.1, -0.05) is 73.2 Å². The highest BCUT2D eigenvalue weighted by Gasteiger charge is 2.61. The Morgan fingerprint density at radius 1 is 1.06 bits per heavy atom. The molecule has 0 radical (unpaired) electrons. The summed E-state index contributed by atoms with van der Waals surface area (Å²) in [5.74, 6) is -1.98. The van der Waals surface area contributed by atoms with Crippen molar-refractivity contribution in [1.29, 1.82) is 0 Å². The van der Waals surface area contributed by atoms with Gasteiger partial charge in [-0.2, -0.15) is 4.80 Å². The quantitative estimate of drug-likeness (QED) is 0.328. The van der Waals surface area contributed by atoms with Crippen LogP contribution in [-0.2, 0) is 25.5 Å². The maximum absolute atomic E-state index is 14.2. The summed E-state index contributed by atoms with van der Waals surface area (Å²) in [7, 11) is 0. The minimum absolute atomic E-state index is 0.0778. The topological polar surface area (TPSA) is 169 Å². The lowest BCUT2D eigenvalue weighted by Gasteiger charge is -2.30. The number of hydrogen-bond donors (Lipinski definition) is 3. The molecular weight excluding hydrogens is 626 g/mol. The Bertz CT molecular complexity index is 1720. The number of aromatic nitrogens is 4. The number of carboxylic acids is 1. The Labute approximate surface area is 285 Å². The largest absolute Gasteiger partial charge is 0.479 e. The Kier molecular flexibility index (Phi) is 9.53. The van der Waals surface area contributed by atoms with Gasteiger partial charge >= 0.3 is 12.1 Å². The zero-order valence-electron chi connectivity index (χ0n) is 28.0. The second-order valence-electron chi connectivity index (χ2n) is 14.1. The third-order valence-corrected chi connectivity index (χ3v) is 9.30. The summed E-state index contributed by atoms with van der Waals surface area (Å²) in [6.07, 6.45) is 6.30. The van der Waals surface area contributed by atoms with E-state index in [9.17, 15) is 24.3 Å². The Hall–Kier alpha value is -5.07. The summed E-state index contributed by atoms with van der Waals surface area (Å²) in [5.41, 5.74) is 1.03. The van der Waals surface area contributed by atoms with Gasteiger partial charge in [0, 0.05) is 25.3 Å². The minimum Gasteiger partial charge on any atom is -0.479 e. The lowest BCUT2D eigenvalue weighted by atomic mass is 10.0. The van der Waals surface area contributed by atoms with E-state index in [1.54, 1.807) is 20.8 Å². The molecule has 49 heavy (non-hydrogen) atoms. The molecule has 258 valence electrons. The molecule has 1 aromatic heterocycles. The fourth-order valence-corrected chi connectivity index (χ4v) is 6.63. The second-order valence-corrected chi connectivity index (χ2v) is 14.1. The van der Waals surface area contributed by atoms with Gasteiger partial charge in [0.1, 0.15) is 23.2 Å². The predicted molar refractivity (Wildman–Crippen MR) is 179 cm³/mol. The van der Waals surface area contributed by atoms with E-state index < -0.39 is 53.1 Å². The molecule has 3 heterocycles. The van der Waals surface area contributed by atoms with Crippen molar-refractivity contribution in [3.05, 3.63) is 78.1 Å². The molecule has 2 aliphatic heterocycles. The molecule has 3 aliphatic rings. The Balaban J connectivity index is 1.22. The summed E-state index contributed by atoms with van der Waals surface area (Å²) >= 11 is 0. The Morgan fingerprint density at radius 2 is 1.80 bits per heavy atom. The maximum atomic E-state index is 14.2. The molecule has 3 N–H and O–H groups in total. The SMILES string of the molecule is CC(C)(C)OC(=O)N[C@H]1CCCC/C=C\[C@@H]2C[C@@]2(C(=O)O)NC(=O)[C@@H]2C[C@@H](n3nnc(Cc4ccc(-c5ccccc5)cc4)n3)CN2C1=O. The van der Waals surface area contributed by atoms with E-state index in [1.165, 1.54) is 9.70 Å². The third-order valence-electron chi connectivity index (χ3n) is 9.30. The number of fused-ring (bicyclic) bond motifs is 2. The first-order valence-electron chi connectivity index (χ1n) is 16.9. The maximum Gasteiger partial charge on any atom is 0.408 e. The number of allylic oxidation sites excluding steroid dienone is 1. The highest BCUT2D eigenvalue weighted by Crippen LogP contribution is 2.45. The number of benzene rings is 2. The van der Waals surface area contributed by atoms with Gasteiger partial charge in [0.2, 0.25) is 11.8 Å². The fourth-order valence-electron chi connectivity index (χ4n) is 6.63. The molecule has 0 bridgehead atoms. The van der Waals surface area contributed by atoms with Crippen molar-refractivity contribution in [1.82, 2.24) is 35.7 Å². The van der Waals surface area contributed by atoms with Crippen LogP contribution in [0.5, 0.6) is 0 Å². The number of amides is 3. The third kappa shape index (κ3) is 7.82. The van der Waals surface area contributed by atoms with Crippen LogP contribution in [0.25, 0.3) is 11.1 Å². The van der Waals surface area contributed by atoms with Crippen LogP contribution in [0.15, 0.2) is 66.7 Å². The number of aliphatic carboxylic acids is 1. The van der Waals surface area contributed by atoms with Crippen LogP contribution < -0.4 is 10.6 Å². The first kappa shape index (κ1) is 33.8. The number of alkyl carbamates (subject to hydrolysis) is 1. The van der Waals surface area contributed by atoms with Crippen LogP contribution in [-0.4, -0.2) is 83.9 Å². The summed E-state index contributed by atoms with van der Waals surface area (Å²) in [6.45, 7) is 5.29. The summed E-state index contributed by atoms with van der Waals surface area (Å²) in [4.78, 5) is 56.1. The van der Waals surface area contributed by atoms with Crippen LogP contribution in [0.1, 0.15) is 76.7 Å². The van der Waals surface area contributed by atoms with Gasteiger partial charge in [-0.15, -0.1) is 10.2 Å². The van der Waals surface area contributed by atoms with E-state index in [2.05, 4.69) is 38.2 Å². The number of carboxylic acid groups (broad SMARTS) is 1. The average molecular weight is 670 g/mol. The van der Waals surface area contributed by atoms with Crippen molar-refractivity contribution in [2.45, 2.75) is 95.0 Å². The average Bonchev–Trinajstić information content (AvgIpc) is 3.35. The van der Waals surface area contributed by atoms with E-state index in [0.29, 0.717) is 31.5 Å². The van der Waals surface area contributed by atoms with E-state index >= 15 is 0 Å². The smallest absolute Gasteiger partial charge is 0.408 e. The number of nitrogens with zero attached hydrogens (tertiary/aromatic N) is 5. The number of rotatable bonds is 6. The molecule has 13 nitrogen and oxygen atoms in total. The molecule has 0 unspecified atom stereocenters. The van der Waals surface area contributed by atoms with Crippen molar-refractivity contribution in [2.75, 3.05) is 6.54 Å². The van der Waals surface area contributed by atoms with Crippen molar-refractivity contribution in [2.24, 2.45) is 5.92 Å². The first-order valence-corrected chi connectivity index (χ1v) is 16.9. The Morgan fingerprint density at radius 3 is 2.51 bits per heavy atom. The van der Waals surface area contributed by atoms with E-state index in [4.69, 9.17) is 4.74 Å². The number of hydrogen-bond acceptors (Lipinski definition) is 8. The van der Waals surface area contributed by atoms with Crippen molar-refractivity contribution >= 4 is 23.9 Å². The zero-order chi connectivity index (χ0) is 34.8. The van der Waals surface area contributed by atoms with Gasteiger partial charge in [-0.05, 0) is 68.4 Å². The molecule has 1 saturated carbocycles. The molecule has 2 aromatic carbocycles. The molecule has 3 aromatic rings. The predicted octanol–water partition coefficient (Wildman–Crippen LogP) is 4.06. The number of tetrazole rings is 1. The van der Waals surface area contributed by atoms with E-state index in [0.717, 1.165) is 23.1 Å². The molecular formula is C36H43N7O6. The standard InChI is InChI=1S/C36H43N7O6/c1-35(2,3)49-34(48)37-28-14-10-5-4-9-13-26-21-36(26,33(46)47)38-31(44)29-20-27(22-42(29)32(28)45)43-40-30(39-41-43)19-23-15-17-25(18-16-23)24-11-7-6-8-12-24/h6-9,11-13,15-18,26-29H,4-5,10,14,19-22H2,1-3H3,(H,37,48)(H,38,44)(H,46,47)/b13-9-/t26-,27-,28+,29+,36-/m1/s1. The minimum atomic E-state index is -1.42. The molecule has 0 spiro atoms. The van der Waals surface area contributed by atoms with Gasteiger partial charge < -0.3 is 25.4 Å². The molecule has 5 atom stereocenters.